The highest BCUT2D eigenvalue weighted by molar-refractivity contribution is 5.92. The van der Waals surface area contributed by atoms with Gasteiger partial charge in [0.05, 0.1) is 18.2 Å². The number of rotatable bonds is 3. The van der Waals surface area contributed by atoms with E-state index < -0.39 is 0 Å². The fourth-order valence-corrected chi connectivity index (χ4v) is 2.02. The second-order valence-corrected chi connectivity index (χ2v) is 4.44. The van der Waals surface area contributed by atoms with Gasteiger partial charge in [0.15, 0.2) is 0 Å². The van der Waals surface area contributed by atoms with Crippen LogP contribution in [0.4, 0.5) is 5.69 Å². The molecule has 2 heterocycles. The molecule has 98 valence electrons. The number of amides is 1. The van der Waals surface area contributed by atoms with Crippen molar-refractivity contribution in [3.8, 4) is 5.69 Å². The van der Waals surface area contributed by atoms with E-state index >= 15 is 0 Å². The summed E-state index contributed by atoms with van der Waals surface area (Å²) in [5, 5.41) is 6.93. The highest BCUT2D eigenvalue weighted by atomic mass is 16.5. The summed E-state index contributed by atoms with van der Waals surface area (Å²) in [6, 6.07) is 7.47. The second-order valence-electron chi connectivity index (χ2n) is 4.44. The molecule has 1 atom stereocenters. The number of aromatic nitrogens is 3. The lowest BCUT2D eigenvalue weighted by atomic mass is 10.1. The van der Waals surface area contributed by atoms with Crippen LogP contribution in [0, 0.1) is 5.92 Å². The van der Waals surface area contributed by atoms with Crippen molar-refractivity contribution in [1.82, 2.24) is 14.8 Å². The van der Waals surface area contributed by atoms with Crippen molar-refractivity contribution in [2.75, 3.05) is 18.5 Å². The lowest BCUT2D eigenvalue weighted by Gasteiger charge is -2.09. The molecule has 19 heavy (non-hydrogen) atoms. The average Bonchev–Trinajstić information content (AvgIpc) is 3.13. The zero-order valence-corrected chi connectivity index (χ0v) is 10.3. The number of carbonyl (C=O) groups is 1. The van der Waals surface area contributed by atoms with Gasteiger partial charge in [-0.15, -0.1) is 0 Å². The Balaban J connectivity index is 1.67. The van der Waals surface area contributed by atoms with E-state index in [0.29, 0.717) is 13.2 Å². The van der Waals surface area contributed by atoms with Crippen molar-refractivity contribution >= 4 is 11.6 Å². The molecule has 1 aromatic heterocycles. The van der Waals surface area contributed by atoms with Crippen LogP contribution >= 0.6 is 0 Å². The molecule has 6 heteroatoms. The fourth-order valence-electron chi connectivity index (χ4n) is 2.02. The Bertz CT molecular complexity index is 545. The lowest BCUT2D eigenvalue weighted by molar-refractivity contribution is -0.119. The van der Waals surface area contributed by atoms with E-state index in [4.69, 9.17) is 4.74 Å². The van der Waals surface area contributed by atoms with Crippen LogP contribution in [-0.2, 0) is 9.53 Å². The maximum absolute atomic E-state index is 11.9. The molecule has 1 unspecified atom stereocenters. The quantitative estimate of drug-likeness (QED) is 0.899. The molecular formula is C13H14N4O2. The smallest absolute Gasteiger partial charge is 0.229 e. The SMILES string of the molecule is O=C(Nc1ccc(-n2cncn2)cc1)C1CCOC1. The van der Waals surface area contributed by atoms with Gasteiger partial charge in [-0.1, -0.05) is 0 Å². The normalized spacial score (nSPS) is 18.4. The van der Waals surface area contributed by atoms with Crippen LogP contribution in [0.1, 0.15) is 6.42 Å². The predicted molar refractivity (Wildman–Crippen MR) is 68.9 cm³/mol. The van der Waals surface area contributed by atoms with Crippen LogP contribution in [0.25, 0.3) is 5.69 Å². The van der Waals surface area contributed by atoms with Crippen LogP contribution in [0.15, 0.2) is 36.9 Å². The van der Waals surface area contributed by atoms with E-state index in [0.717, 1.165) is 17.8 Å². The van der Waals surface area contributed by atoms with Gasteiger partial charge in [0.2, 0.25) is 5.91 Å². The van der Waals surface area contributed by atoms with Crippen LogP contribution in [0.2, 0.25) is 0 Å². The van der Waals surface area contributed by atoms with Crippen molar-refractivity contribution in [2.24, 2.45) is 5.92 Å². The Kier molecular flexibility index (Phi) is 3.24. The van der Waals surface area contributed by atoms with Gasteiger partial charge in [0, 0.05) is 12.3 Å². The molecule has 3 rings (SSSR count). The Morgan fingerprint density at radius 2 is 2.21 bits per heavy atom. The number of nitrogens with zero attached hydrogens (tertiary/aromatic N) is 3. The number of benzene rings is 1. The first-order chi connectivity index (χ1) is 9.33. The Labute approximate surface area is 110 Å². The van der Waals surface area contributed by atoms with Crippen LogP contribution in [-0.4, -0.2) is 33.9 Å². The first-order valence-electron chi connectivity index (χ1n) is 6.16. The summed E-state index contributed by atoms with van der Waals surface area (Å²) in [5.41, 5.74) is 1.68. The van der Waals surface area contributed by atoms with Gasteiger partial charge in [0.1, 0.15) is 12.7 Å². The number of hydrogen-bond donors (Lipinski definition) is 1. The summed E-state index contributed by atoms with van der Waals surface area (Å²) in [6.07, 6.45) is 3.90. The third-order valence-corrected chi connectivity index (χ3v) is 3.12. The van der Waals surface area contributed by atoms with Crippen LogP contribution in [0.5, 0.6) is 0 Å². The number of hydrogen-bond acceptors (Lipinski definition) is 4. The lowest BCUT2D eigenvalue weighted by Crippen LogP contribution is -2.22. The number of anilines is 1. The number of carbonyl (C=O) groups excluding carboxylic acids is 1. The van der Waals surface area contributed by atoms with Gasteiger partial charge in [-0.2, -0.15) is 5.10 Å². The zero-order chi connectivity index (χ0) is 13.1. The van der Waals surface area contributed by atoms with Crippen LogP contribution in [0.3, 0.4) is 0 Å². The fraction of sp³-hybridized carbons (Fsp3) is 0.308. The molecule has 6 nitrogen and oxygen atoms in total. The van der Waals surface area contributed by atoms with Crippen molar-refractivity contribution in [1.29, 1.82) is 0 Å². The average molecular weight is 258 g/mol. The molecule has 0 spiro atoms. The van der Waals surface area contributed by atoms with E-state index in [2.05, 4.69) is 15.4 Å². The molecule has 2 aromatic rings. The zero-order valence-electron chi connectivity index (χ0n) is 10.3. The van der Waals surface area contributed by atoms with Crippen molar-refractivity contribution in [3.05, 3.63) is 36.9 Å². The molecule has 1 saturated heterocycles. The largest absolute Gasteiger partial charge is 0.381 e. The molecule has 0 bridgehead atoms. The van der Waals surface area contributed by atoms with Gasteiger partial charge in [-0.3, -0.25) is 4.79 Å². The molecule has 1 N–H and O–H groups in total. The minimum Gasteiger partial charge on any atom is -0.381 e. The monoisotopic (exact) mass is 258 g/mol. The molecule has 0 aliphatic carbocycles. The molecule has 1 aliphatic rings. The van der Waals surface area contributed by atoms with E-state index in [1.54, 1.807) is 11.0 Å². The molecule has 1 amide bonds. The highest BCUT2D eigenvalue weighted by Crippen LogP contribution is 2.17. The first-order valence-corrected chi connectivity index (χ1v) is 6.16. The molecular weight excluding hydrogens is 244 g/mol. The summed E-state index contributed by atoms with van der Waals surface area (Å²) in [7, 11) is 0. The predicted octanol–water partition coefficient (Wildman–Crippen LogP) is 1.24. The van der Waals surface area contributed by atoms with E-state index in [1.165, 1.54) is 6.33 Å². The Morgan fingerprint density at radius 1 is 1.37 bits per heavy atom. The minimum absolute atomic E-state index is 0.0194. The Hall–Kier alpha value is -2.21. The van der Waals surface area contributed by atoms with Crippen molar-refractivity contribution < 1.29 is 9.53 Å². The van der Waals surface area contributed by atoms with Gasteiger partial charge >= 0.3 is 0 Å². The van der Waals surface area contributed by atoms with Crippen molar-refractivity contribution in [2.45, 2.75) is 6.42 Å². The minimum atomic E-state index is -0.0324. The highest BCUT2D eigenvalue weighted by Gasteiger charge is 2.23. The third-order valence-electron chi connectivity index (χ3n) is 3.12. The summed E-state index contributed by atoms with van der Waals surface area (Å²) in [6.45, 7) is 1.19. The third kappa shape index (κ3) is 2.63. The number of nitrogens with one attached hydrogen (secondary N) is 1. The standard InChI is InChI=1S/C13H14N4O2/c18-13(10-5-6-19-7-10)16-11-1-3-12(4-2-11)17-9-14-8-15-17/h1-4,8-10H,5-7H2,(H,16,18). The number of ether oxygens (including phenoxy) is 1. The molecule has 1 aromatic carbocycles. The summed E-state index contributed by atoms with van der Waals surface area (Å²) in [4.78, 5) is 15.8. The van der Waals surface area contributed by atoms with Gasteiger partial charge in [0.25, 0.3) is 0 Å². The van der Waals surface area contributed by atoms with Crippen molar-refractivity contribution in [3.63, 3.8) is 0 Å². The molecule has 1 aliphatic heterocycles. The Morgan fingerprint density at radius 3 is 2.84 bits per heavy atom. The van der Waals surface area contributed by atoms with E-state index in [-0.39, 0.29) is 11.8 Å². The molecule has 1 fully saturated rings. The van der Waals surface area contributed by atoms with E-state index in [1.807, 2.05) is 24.3 Å². The molecule has 0 radical (unpaired) electrons. The summed E-state index contributed by atoms with van der Waals surface area (Å²) < 4.78 is 6.87. The molecule has 0 saturated carbocycles. The summed E-state index contributed by atoms with van der Waals surface area (Å²) in [5.74, 6) is -0.0130. The van der Waals surface area contributed by atoms with Crippen LogP contribution < -0.4 is 5.32 Å². The maximum atomic E-state index is 11.9. The van der Waals surface area contributed by atoms with Gasteiger partial charge in [-0.05, 0) is 30.7 Å². The first kappa shape index (κ1) is 11.9. The van der Waals surface area contributed by atoms with Gasteiger partial charge < -0.3 is 10.1 Å². The second kappa shape index (κ2) is 5.19. The van der Waals surface area contributed by atoms with E-state index in [9.17, 15) is 4.79 Å². The topological polar surface area (TPSA) is 69.0 Å². The summed E-state index contributed by atoms with van der Waals surface area (Å²) >= 11 is 0. The maximum Gasteiger partial charge on any atom is 0.229 e. The van der Waals surface area contributed by atoms with Gasteiger partial charge in [-0.25, -0.2) is 9.67 Å².